The molecule has 0 fully saturated rings. The SMILES string of the molecule is Cc1cc(C(=O)Nc2ccc(CN(C)C)cc2)ccc1N. The molecule has 0 saturated heterocycles. The van der Waals surface area contributed by atoms with Crippen LogP contribution in [0.25, 0.3) is 0 Å². The molecule has 4 heteroatoms. The van der Waals surface area contributed by atoms with E-state index in [1.54, 1.807) is 18.2 Å². The van der Waals surface area contributed by atoms with Crippen LogP contribution in [0.3, 0.4) is 0 Å². The fraction of sp³-hybridized carbons (Fsp3) is 0.235. The maximum absolute atomic E-state index is 12.2. The number of nitrogens with one attached hydrogen (secondary N) is 1. The molecule has 110 valence electrons. The quantitative estimate of drug-likeness (QED) is 0.848. The lowest BCUT2D eigenvalue weighted by Gasteiger charge is -2.11. The zero-order valence-electron chi connectivity index (χ0n) is 12.7. The van der Waals surface area contributed by atoms with Gasteiger partial charge in [-0.25, -0.2) is 0 Å². The summed E-state index contributed by atoms with van der Waals surface area (Å²) in [4.78, 5) is 14.3. The first-order valence-electron chi connectivity index (χ1n) is 6.87. The summed E-state index contributed by atoms with van der Waals surface area (Å²) in [6, 6.07) is 13.2. The predicted molar refractivity (Wildman–Crippen MR) is 87.4 cm³/mol. The molecule has 2 aromatic rings. The van der Waals surface area contributed by atoms with Gasteiger partial charge in [0, 0.05) is 23.5 Å². The van der Waals surface area contributed by atoms with Gasteiger partial charge in [-0.05, 0) is 62.5 Å². The van der Waals surface area contributed by atoms with Gasteiger partial charge in [0.25, 0.3) is 5.91 Å². The number of nitrogen functional groups attached to an aromatic ring is 1. The van der Waals surface area contributed by atoms with Crippen molar-refractivity contribution in [3.8, 4) is 0 Å². The summed E-state index contributed by atoms with van der Waals surface area (Å²) in [5.74, 6) is -0.126. The van der Waals surface area contributed by atoms with Crippen LogP contribution in [0.15, 0.2) is 42.5 Å². The number of aryl methyl sites for hydroxylation is 1. The molecule has 0 aliphatic rings. The van der Waals surface area contributed by atoms with Crippen LogP contribution < -0.4 is 11.1 Å². The Hall–Kier alpha value is -2.33. The Morgan fingerprint density at radius 3 is 2.38 bits per heavy atom. The van der Waals surface area contributed by atoms with Gasteiger partial charge in [-0.1, -0.05) is 12.1 Å². The van der Waals surface area contributed by atoms with E-state index in [1.807, 2.05) is 45.3 Å². The molecule has 1 amide bonds. The summed E-state index contributed by atoms with van der Waals surface area (Å²) < 4.78 is 0. The molecule has 4 nitrogen and oxygen atoms in total. The number of nitrogens with zero attached hydrogens (tertiary/aromatic N) is 1. The molecule has 0 atom stereocenters. The monoisotopic (exact) mass is 283 g/mol. The topological polar surface area (TPSA) is 58.4 Å². The van der Waals surface area contributed by atoms with Gasteiger partial charge in [-0.2, -0.15) is 0 Å². The van der Waals surface area contributed by atoms with E-state index in [-0.39, 0.29) is 5.91 Å². The second kappa shape index (κ2) is 6.41. The number of carbonyl (C=O) groups is 1. The average Bonchev–Trinajstić information content (AvgIpc) is 2.43. The number of amides is 1. The first-order valence-corrected chi connectivity index (χ1v) is 6.87. The lowest BCUT2D eigenvalue weighted by Crippen LogP contribution is -2.13. The summed E-state index contributed by atoms with van der Waals surface area (Å²) in [6.45, 7) is 2.77. The van der Waals surface area contributed by atoms with E-state index in [9.17, 15) is 4.79 Å². The van der Waals surface area contributed by atoms with Crippen molar-refractivity contribution in [1.82, 2.24) is 4.90 Å². The minimum absolute atomic E-state index is 0.126. The Morgan fingerprint density at radius 1 is 1.14 bits per heavy atom. The molecule has 0 saturated carbocycles. The fourth-order valence-electron chi connectivity index (χ4n) is 2.08. The average molecular weight is 283 g/mol. The summed E-state index contributed by atoms with van der Waals surface area (Å²) in [7, 11) is 4.05. The molecule has 0 aliphatic carbocycles. The van der Waals surface area contributed by atoms with Gasteiger partial charge in [-0.15, -0.1) is 0 Å². The van der Waals surface area contributed by atoms with Crippen LogP contribution in [-0.2, 0) is 6.54 Å². The van der Waals surface area contributed by atoms with Crippen LogP contribution in [0, 0.1) is 6.92 Å². The number of rotatable bonds is 4. The summed E-state index contributed by atoms with van der Waals surface area (Å²) in [5.41, 5.74) is 9.97. The lowest BCUT2D eigenvalue weighted by atomic mass is 10.1. The summed E-state index contributed by atoms with van der Waals surface area (Å²) >= 11 is 0. The zero-order valence-corrected chi connectivity index (χ0v) is 12.7. The van der Waals surface area contributed by atoms with Crippen LogP contribution in [0.4, 0.5) is 11.4 Å². The van der Waals surface area contributed by atoms with Gasteiger partial charge in [0.05, 0.1) is 0 Å². The molecule has 0 aliphatic heterocycles. The Morgan fingerprint density at radius 2 is 1.81 bits per heavy atom. The number of benzene rings is 2. The van der Waals surface area contributed by atoms with Crippen molar-refractivity contribution in [1.29, 1.82) is 0 Å². The largest absolute Gasteiger partial charge is 0.399 e. The molecule has 21 heavy (non-hydrogen) atoms. The van der Waals surface area contributed by atoms with Gasteiger partial charge in [0.2, 0.25) is 0 Å². The maximum atomic E-state index is 12.2. The van der Waals surface area contributed by atoms with Crippen LogP contribution >= 0.6 is 0 Å². The van der Waals surface area contributed by atoms with Crippen molar-refractivity contribution in [2.24, 2.45) is 0 Å². The normalized spacial score (nSPS) is 10.7. The van der Waals surface area contributed by atoms with Crippen LogP contribution in [0.2, 0.25) is 0 Å². The minimum Gasteiger partial charge on any atom is -0.399 e. The lowest BCUT2D eigenvalue weighted by molar-refractivity contribution is 0.102. The van der Waals surface area contributed by atoms with E-state index in [4.69, 9.17) is 5.73 Å². The molecule has 0 spiro atoms. The van der Waals surface area contributed by atoms with Gasteiger partial charge >= 0.3 is 0 Å². The molecular weight excluding hydrogens is 262 g/mol. The predicted octanol–water partition coefficient (Wildman–Crippen LogP) is 2.89. The van der Waals surface area contributed by atoms with Gasteiger partial charge in [-0.3, -0.25) is 4.79 Å². The highest BCUT2D eigenvalue weighted by Crippen LogP contribution is 2.15. The highest BCUT2D eigenvalue weighted by Gasteiger charge is 2.07. The molecule has 2 rings (SSSR count). The smallest absolute Gasteiger partial charge is 0.255 e. The number of anilines is 2. The third-order valence-electron chi connectivity index (χ3n) is 3.24. The van der Waals surface area contributed by atoms with Crippen molar-refractivity contribution >= 4 is 17.3 Å². The Bertz CT molecular complexity index is 633. The zero-order chi connectivity index (χ0) is 15.4. The van der Waals surface area contributed by atoms with E-state index in [2.05, 4.69) is 10.2 Å². The van der Waals surface area contributed by atoms with E-state index in [0.717, 1.165) is 17.8 Å². The van der Waals surface area contributed by atoms with Crippen molar-refractivity contribution in [3.63, 3.8) is 0 Å². The van der Waals surface area contributed by atoms with Crippen LogP contribution in [0.5, 0.6) is 0 Å². The van der Waals surface area contributed by atoms with Crippen molar-refractivity contribution < 1.29 is 4.79 Å². The van der Waals surface area contributed by atoms with Crippen LogP contribution in [0.1, 0.15) is 21.5 Å². The highest BCUT2D eigenvalue weighted by atomic mass is 16.1. The van der Waals surface area contributed by atoms with Gasteiger partial charge < -0.3 is 16.0 Å². The van der Waals surface area contributed by atoms with Crippen LogP contribution in [-0.4, -0.2) is 24.9 Å². The van der Waals surface area contributed by atoms with E-state index >= 15 is 0 Å². The standard InChI is InChI=1S/C17H21N3O/c1-12-10-14(6-9-16(12)18)17(21)19-15-7-4-13(5-8-15)11-20(2)3/h4-10H,11,18H2,1-3H3,(H,19,21). The maximum Gasteiger partial charge on any atom is 0.255 e. The highest BCUT2D eigenvalue weighted by molar-refractivity contribution is 6.04. The molecule has 0 heterocycles. The molecule has 0 aromatic heterocycles. The summed E-state index contributed by atoms with van der Waals surface area (Å²) in [5, 5.41) is 2.89. The van der Waals surface area contributed by atoms with Crippen molar-refractivity contribution in [3.05, 3.63) is 59.2 Å². The van der Waals surface area contributed by atoms with Gasteiger partial charge in [0.15, 0.2) is 0 Å². The molecule has 2 aromatic carbocycles. The third-order valence-corrected chi connectivity index (χ3v) is 3.24. The Labute approximate surface area is 125 Å². The van der Waals surface area contributed by atoms with E-state index < -0.39 is 0 Å². The summed E-state index contributed by atoms with van der Waals surface area (Å²) in [6.07, 6.45) is 0. The molecule has 0 radical (unpaired) electrons. The van der Waals surface area contributed by atoms with E-state index in [1.165, 1.54) is 5.56 Å². The molecule has 0 bridgehead atoms. The fourth-order valence-corrected chi connectivity index (χ4v) is 2.08. The first kappa shape index (κ1) is 15.1. The second-order valence-electron chi connectivity index (χ2n) is 5.46. The number of carbonyl (C=O) groups excluding carboxylic acids is 1. The second-order valence-corrected chi connectivity index (χ2v) is 5.46. The molecule has 0 unspecified atom stereocenters. The Balaban J connectivity index is 2.06. The third kappa shape index (κ3) is 4.07. The number of nitrogens with two attached hydrogens (primary N) is 1. The van der Waals surface area contributed by atoms with Crippen molar-refractivity contribution in [2.45, 2.75) is 13.5 Å². The minimum atomic E-state index is -0.126. The van der Waals surface area contributed by atoms with E-state index in [0.29, 0.717) is 11.3 Å². The first-order chi connectivity index (χ1) is 9.95. The van der Waals surface area contributed by atoms with Crippen molar-refractivity contribution in [2.75, 3.05) is 25.1 Å². The molecular formula is C17H21N3O. The van der Waals surface area contributed by atoms with Gasteiger partial charge in [0.1, 0.15) is 0 Å². The number of hydrogen-bond acceptors (Lipinski definition) is 3. The Kier molecular flexibility index (Phi) is 4.60. The number of hydrogen-bond donors (Lipinski definition) is 2. The molecule has 3 N–H and O–H groups in total.